The first-order valence-electron chi connectivity index (χ1n) is 6.89. The third kappa shape index (κ3) is 4.21. The number of nitrogens with two attached hydrogens (primary N) is 1. The molecule has 0 spiro atoms. The van der Waals surface area contributed by atoms with E-state index in [-0.39, 0.29) is 23.7 Å². The zero-order valence-corrected chi connectivity index (χ0v) is 13.9. The molecule has 0 heterocycles. The first kappa shape index (κ1) is 17.5. The maximum Gasteiger partial charge on any atom is 0.220 e. The van der Waals surface area contributed by atoms with Crippen LogP contribution in [0.2, 0.25) is 0 Å². The summed E-state index contributed by atoms with van der Waals surface area (Å²) in [6.07, 6.45) is 4.84. The Morgan fingerprint density at radius 2 is 2.15 bits per heavy atom. The van der Waals surface area contributed by atoms with Gasteiger partial charge in [0.05, 0.1) is 0 Å². The predicted octanol–water partition coefficient (Wildman–Crippen LogP) is 3.15. The van der Waals surface area contributed by atoms with Gasteiger partial charge in [0.2, 0.25) is 5.91 Å². The molecule has 112 valence electrons. The average molecular weight is 362 g/mol. The molecule has 0 radical (unpaired) electrons. The number of rotatable bonds is 6. The third-order valence-electron chi connectivity index (χ3n) is 3.98. The van der Waals surface area contributed by atoms with Crippen LogP contribution in [0.25, 0.3) is 0 Å². The number of carbonyl (C=O) groups is 1. The summed E-state index contributed by atoms with van der Waals surface area (Å²) >= 11 is 3.52. The van der Waals surface area contributed by atoms with E-state index in [4.69, 9.17) is 5.73 Å². The first-order chi connectivity index (χ1) is 9.16. The van der Waals surface area contributed by atoms with Crippen LogP contribution in [-0.2, 0) is 10.2 Å². The van der Waals surface area contributed by atoms with Crippen LogP contribution in [0.1, 0.15) is 37.7 Å². The summed E-state index contributed by atoms with van der Waals surface area (Å²) in [4.78, 5) is 11.7. The Hall–Kier alpha value is -0.580. The molecule has 1 aliphatic carbocycles. The molecule has 3 N–H and O–H groups in total. The minimum Gasteiger partial charge on any atom is -0.355 e. The van der Waals surface area contributed by atoms with Crippen LogP contribution in [-0.4, -0.2) is 19.0 Å². The normalized spacial score (nSPS) is 15.9. The van der Waals surface area contributed by atoms with Crippen LogP contribution >= 0.6 is 28.3 Å². The Labute approximate surface area is 135 Å². The molecule has 5 heteroatoms. The van der Waals surface area contributed by atoms with E-state index in [0.29, 0.717) is 13.0 Å². The summed E-state index contributed by atoms with van der Waals surface area (Å²) in [6, 6.07) is 8.44. The summed E-state index contributed by atoms with van der Waals surface area (Å²) in [6.45, 7) is 1.32. The van der Waals surface area contributed by atoms with Crippen molar-refractivity contribution in [2.75, 3.05) is 13.1 Å². The molecular formula is C15H22BrClN2O. The van der Waals surface area contributed by atoms with E-state index in [2.05, 4.69) is 39.4 Å². The highest BCUT2D eigenvalue weighted by Crippen LogP contribution is 2.43. The van der Waals surface area contributed by atoms with Gasteiger partial charge in [0.15, 0.2) is 0 Å². The molecule has 1 fully saturated rings. The van der Waals surface area contributed by atoms with Gasteiger partial charge in [-0.05, 0) is 43.5 Å². The van der Waals surface area contributed by atoms with E-state index in [0.717, 1.165) is 30.3 Å². The van der Waals surface area contributed by atoms with Gasteiger partial charge in [0.25, 0.3) is 0 Å². The van der Waals surface area contributed by atoms with Gasteiger partial charge in [-0.1, -0.05) is 34.5 Å². The molecule has 1 amide bonds. The fourth-order valence-corrected chi connectivity index (χ4v) is 3.01. The van der Waals surface area contributed by atoms with Crippen LogP contribution < -0.4 is 11.1 Å². The van der Waals surface area contributed by atoms with Crippen molar-refractivity contribution in [3.05, 3.63) is 34.3 Å². The molecule has 2 rings (SSSR count). The van der Waals surface area contributed by atoms with Crippen LogP contribution in [0, 0.1) is 0 Å². The molecule has 0 aliphatic heterocycles. The van der Waals surface area contributed by atoms with Crippen LogP contribution in [0.5, 0.6) is 0 Å². The van der Waals surface area contributed by atoms with Crippen molar-refractivity contribution < 1.29 is 4.79 Å². The quantitative estimate of drug-likeness (QED) is 0.818. The second-order valence-electron chi connectivity index (χ2n) is 5.31. The molecule has 0 aromatic heterocycles. The van der Waals surface area contributed by atoms with Gasteiger partial charge in [0, 0.05) is 22.9 Å². The molecule has 20 heavy (non-hydrogen) atoms. The highest BCUT2D eigenvalue weighted by Gasteiger charge is 2.38. The Morgan fingerprint density at radius 1 is 1.40 bits per heavy atom. The van der Waals surface area contributed by atoms with Crippen LogP contribution in [0.4, 0.5) is 0 Å². The molecule has 1 aromatic rings. The summed E-state index contributed by atoms with van der Waals surface area (Å²) in [5.41, 5.74) is 6.89. The summed E-state index contributed by atoms with van der Waals surface area (Å²) in [5.74, 6) is 0.117. The lowest BCUT2D eigenvalue weighted by Gasteiger charge is -2.42. The first-order valence-corrected chi connectivity index (χ1v) is 7.68. The number of carbonyl (C=O) groups excluding carboxylic acids is 1. The van der Waals surface area contributed by atoms with Crippen molar-refractivity contribution in [2.24, 2.45) is 5.73 Å². The van der Waals surface area contributed by atoms with Gasteiger partial charge in [-0.15, -0.1) is 12.4 Å². The minimum absolute atomic E-state index is 0. The van der Waals surface area contributed by atoms with Crippen molar-refractivity contribution >= 4 is 34.2 Å². The summed E-state index contributed by atoms with van der Waals surface area (Å²) in [7, 11) is 0. The fourth-order valence-electron chi connectivity index (χ4n) is 2.61. The lowest BCUT2D eigenvalue weighted by atomic mass is 9.64. The molecule has 3 nitrogen and oxygen atoms in total. The average Bonchev–Trinajstić information content (AvgIpc) is 2.35. The smallest absolute Gasteiger partial charge is 0.220 e. The molecule has 0 saturated heterocycles. The second-order valence-corrected chi connectivity index (χ2v) is 6.23. The number of amides is 1. The van der Waals surface area contributed by atoms with E-state index < -0.39 is 0 Å². The van der Waals surface area contributed by atoms with Crippen LogP contribution in [0.15, 0.2) is 28.7 Å². The minimum atomic E-state index is 0. The van der Waals surface area contributed by atoms with Crippen LogP contribution in [0.3, 0.4) is 0 Å². The van der Waals surface area contributed by atoms with Crippen molar-refractivity contribution in [1.82, 2.24) is 5.32 Å². The van der Waals surface area contributed by atoms with Gasteiger partial charge in [-0.25, -0.2) is 0 Å². The van der Waals surface area contributed by atoms with Gasteiger partial charge >= 0.3 is 0 Å². The zero-order chi connectivity index (χ0) is 13.7. The third-order valence-corrected chi connectivity index (χ3v) is 4.47. The van der Waals surface area contributed by atoms with Gasteiger partial charge < -0.3 is 11.1 Å². The Bertz CT molecular complexity index is 449. The second kappa shape index (κ2) is 8.01. The van der Waals surface area contributed by atoms with Crippen molar-refractivity contribution in [3.8, 4) is 0 Å². The molecule has 0 atom stereocenters. The van der Waals surface area contributed by atoms with Crippen molar-refractivity contribution in [1.29, 1.82) is 0 Å². The highest BCUT2D eigenvalue weighted by molar-refractivity contribution is 9.10. The van der Waals surface area contributed by atoms with E-state index >= 15 is 0 Å². The number of nitrogens with one attached hydrogen (secondary N) is 1. The number of hydrogen-bond donors (Lipinski definition) is 2. The molecule has 1 aliphatic rings. The molecular weight excluding hydrogens is 340 g/mol. The monoisotopic (exact) mass is 360 g/mol. The Morgan fingerprint density at radius 3 is 2.70 bits per heavy atom. The van der Waals surface area contributed by atoms with E-state index in [1.165, 1.54) is 12.0 Å². The maximum atomic E-state index is 11.7. The molecule has 0 unspecified atom stereocenters. The van der Waals surface area contributed by atoms with Crippen molar-refractivity contribution in [3.63, 3.8) is 0 Å². The van der Waals surface area contributed by atoms with Gasteiger partial charge in [0.1, 0.15) is 0 Å². The standard InChI is InChI=1S/C15H21BrN2O.ClH/c16-13-5-1-4-12(10-13)15(7-3-8-15)11-18-14(19)6-2-9-17;/h1,4-5,10H,2-3,6-9,11,17H2,(H,18,19);1H. The Balaban J connectivity index is 0.00000200. The summed E-state index contributed by atoms with van der Waals surface area (Å²) < 4.78 is 1.10. The fraction of sp³-hybridized carbons (Fsp3) is 0.533. The largest absolute Gasteiger partial charge is 0.355 e. The van der Waals surface area contributed by atoms with Gasteiger partial charge in [-0.2, -0.15) is 0 Å². The van der Waals surface area contributed by atoms with Gasteiger partial charge in [-0.3, -0.25) is 4.79 Å². The SMILES string of the molecule is Cl.NCCCC(=O)NCC1(c2cccc(Br)c2)CCC1. The summed E-state index contributed by atoms with van der Waals surface area (Å²) in [5, 5.41) is 3.07. The number of benzene rings is 1. The Kier molecular flexibility index (Phi) is 7.00. The number of hydrogen-bond acceptors (Lipinski definition) is 2. The lowest BCUT2D eigenvalue weighted by Crippen LogP contribution is -2.45. The zero-order valence-electron chi connectivity index (χ0n) is 11.5. The maximum absolute atomic E-state index is 11.7. The lowest BCUT2D eigenvalue weighted by molar-refractivity contribution is -0.121. The molecule has 0 bridgehead atoms. The molecule has 1 saturated carbocycles. The topological polar surface area (TPSA) is 55.1 Å². The highest BCUT2D eigenvalue weighted by atomic mass is 79.9. The van der Waals surface area contributed by atoms with Crippen molar-refractivity contribution in [2.45, 2.75) is 37.5 Å². The predicted molar refractivity (Wildman–Crippen MR) is 88.2 cm³/mol. The number of halogens is 2. The van der Waals surface area contributed by atoms with E-state index in [1.54, 1.807) is 0 Å². The molecule has 1 aromatic carbocycles. The van der Waals surface area contributed by atoms with E-state index in [9.17, 15) is 4.79 Å². The van der Waals surface area contributed by atoms with E-state index in [1.807, 2.05) is 6.07 Å².